The Morgan fingerprint density at radius 3 is 2.51 bits per heavy atom. The van der Waals surface area contributed by atoms with E-state index in [1.54, 1.807) is 50.6 Å². The van der Waals surface area contributed by atoms with E-state index in [0.29, 0.717) is 35.9 Å². The Balaban J connectivity index is 1.58. The van der Waals surface area contributed by atoms with Crippen molar-refractivity contribution in [1.82, 2.24) is 4.90 Å². The molecule has 0 saturated carbocycles. The van der Waals surface area contributed by atoms with Gasteiger partial charge in [-0.25, -0.2) is 8.42 Å². The summed E-state index contributed by atoms with van der Waals surface area (Å²) in [7, 11) is -0.426. The number of carbonyl (C=O) groups excluding carboxylic acids is 1. The summed E-state index contributed by atoms with van der Waals surface area (Å²) in [4.78, 5) is 17.2. The zero-order chi connectivity index (χ0) is 26.8. The molecule has 1 atom stereocenters. The third-order valence-electron chi connectivity index (χ3n) is 6.01. The van der Waals surface area contributed by atoms with Gasteiger partial charge >= 0.3 is 0 Å². The van der Waals surface area contributed by atoms with Gasteiger partial charge in [-0.2, -0.15) is 0 Å². The van der Waals surface area contributed by atoms with Crippen molar-refractivity contribution >= 4 is 38.9 Å². The molecule has 0 radical (unpaired) electrons. The molecule has 2 aromatic carbocycles. The summed E-state index contributed by atoms with van der Waals surface area (Å²) in [6.45, 7) is 4.58. The third-order valence-corrected chi connectivity index (χ3v) is 7.44. The Morgan fingerprint density at radius 2 is 1.81 bits per heavy atom. The van der Waals surface area contributed by atoms with E-state index >= 15 is 0 Å². The van der Waals surface area contributed by atoms with Crippen molar-refractivity contribution in [3.05, 3.63) is 77.4 Å². The molecule has 10 heteroatoms. The minimum Gasteiger partial charge on any atom is -0.495 e. The molecule has 0 aromatic heterocycles. The summed E-state index contributed by atoms with van der Waals surface area (Å²) in [6.07, 6.45) is 5.45. The lowest BCUT2D eigenvalue weighted by Gasteiger charge is -2.25. The van der Waals surface area contributed by atoms with Crippen LogP contribution in [0.4, 0.5) is 11.4 Å². The number of nitrogens with zero attached hydrogens (tertiary/aromatic N) is 2. The molecule has 200 valence electrons. The van der Waals surface area contributed by atoms with Gasteiger partial charge in [0.15, 0.2) is 0 Å². The van der Waals surface area contributed by atoms with Crippen LogP contribution < -0.4 is 14.4 Å². The predicted molar refractivity (Wildman–Crippen MR) is 149 cm³/mol. The van der Waals surface area contributed by atoms with E-state index in [1.807, 2.05) is 36.1 Å². The maximum Gasteiger partial charge on any atom is 0.253 e. The van der Waals surface area contributed by atoms with E-state index < -0.39 is 10.0 Å². The molecule has 1 amide bonds. The molecule has 0 spiro atoms. The zero-order valence-corrected chi connectivity index (χ0v) is 23.0. The Labute approximate surface area is 224 Å². The minimum atomic E-state index is -3.66. The lowest BCUT2D eigenvalue weighted by Crippen LogP contribution is -2.35. The van der Waals surface area contributed by atoms with E-state index in [2.05, 4.69) is 9.62 Å². The van der Waals surface area contributed by atoms with Crippen molar-refractivity contribution < 1.29 is 22.7 Å². The second-order valence-electron chi connectivity index (χ2n) is 8.65. The Morgan fingerprint density at radius 1 is 1.08 bits per heavy atom. The van der Waals surface area contributed by atoms with Crippen LogP contribution in [0.1, 0.15) is 23.7 Å². The van der Waals surface area contributed by atoms with Gasteiger partial charge in [-0.3, -0.25) is 9.52 Å². The average Bonchev–Trinajstić information content (AvgIpc) is 3.16. The highest BCUT2D eigenvalue weighted by atomic mass is 35.5. The maximum atomic E-state index is 13.1. The molecule has 1 saturated heterocycles. The van der Waals surface area contributed by atoms with Crippen molar-refractivity contribution in [3.63, 3.8) is 0 Å². The second kappa shape index (κ2) is 13.5. The summed E-state index contributed by atoms with van der Waals surface area (Å²) < 4.78 is 38.0. The maximum absolute atomic E-state index is 13.1. The Hall–Kier alpha value is -3.01. The minimum absolute atomic E-state index is 0.0805. The molecule has 1 fully saturated rings. The van der Waals surface area contributed by atoms with Crippen LogP contribution in [-0.2, 0) is 14.8 Å². The average molecular weight is 548 g/mol. The molecule has 1 aliphatic rings. The fourth-order valence-corrected chi connectivity index (χ4v) is 5.12. The van der Waals surface area contributed by atoms with Crippen LogP contribution in [0.3, 0.4) is 0 Å². The summed E-state index contributed by atoms with van der Waals surface area (Å²) in [6, 6.07) is 14.3. The zero-order valence-electron chi connectivity index (χ0n) is 21.4. The number of para-hydroxylation sites is 2. The fourth-order valence-electron chi connectivity index (χ4n) is 3.90. The molecule has 2 aromatic rings. The molecule has 3 rings (SSSR count). The first kappa shape index (κ1) is 28.6. The van der Waals surface area contributed by atoms with Crippen LogP contribution >= 0.6 is 11.6 Å². The largest absolute Gasteiger partial charge is 0.495 e. The van der Waals surface area contributed by atoms with Crippen molar-refractivity contribution in [2.24, 2.45) is 0 Å². The smallest absolute Gasteiger partial charge is 0.253 e. The topological polar surface area (TPSA) is 88.2 Å². The second-order valence-corrected chi connectivity index (χ2v) is 10.9. The van der Waals surface area contributed by atoms with Crippen molar-refractivity contribution in [1.29, 1.82) is 0 Å². The van der Waals surface area contributed by atoms with Gasteiger partial charge in [-0.1, -0.05) is 29.8 Å². The molecule has 0 bridgehead atoms. The van der Waals surface area contributed by atoms with Crippen molar-refractivity contribution in [2.45, 2.75) is 19.4 Å². The highest BCUT2D eigenvalue weighted by molar-refractivity contribution is 7.92. The first-order chi connectivity index (χ1) is 17.7. The monoisotopic (exact) mass is 547 g/mol. The van der Waals surface area contributed by atoms with E-state index in [4.69, 9.17) is 21.1 Å². The van der Waals surface area contributed by atoms with Gasteiger partial charge in [-0.15, -0.1) is 0 Å². The van der Waals surface area contributed by atoms with Crippen molar-refractivity contribution in [2.75, 3.05) is 55.8 Å². The van der Waals surface area contributed by atoms with E-state index in [1.165, 1.54) is 6.08 Å². The molecule has 0 aliphatic carbocycles. The van der Waals surface area contributed by atoms with Gasteiger partial charge in [-0.05, 0) is 61.9 Å². The summed E-state index contributed by atoms with van der Waals surface area (Å²) >= 11 is 6.07. The SMILES string of the molecule is COc1ccccc1N1CCCN(C(=O)c2ccc(NS(=O)(=O)C/C=C(Cl)\C=C/C(C)OC)cc2)CC1. The quantitative estimate of drug-likeness (QED) is 0.441. The van der Waals surface area contributed by atoms with E-state index in [9.17, 15) is 13.2 Å². The lowest BCUT2D eigenvalue weighted by molar-refractivity contribution is 0.0767. The number of benzene rings is 2. The van der Waals surface area contributed by atoms with Crippen molar-refractivity contribution in [3.8, 4) is 5.75 Å². The Bertz CT molecular complexity index is 1210. The number of sulfonamides is 1. The van der Waals surface area contributed by atoms with Crippen LogP contribution in [0, 0.1) is 0 Å². The van der Waals surface area contributed by atoms with Gasteiger partial charge in [0.1, 0.15) is 5.75 Å². The number of hydrogen-bond donors (Lipinski definition) is 1. The van der Waals surface area contributed by atoms with Crippen LogP contribution in [-0.4, -0.2) is 71.5 Å². The normalized spacial score (nSPS) is 15.9. The first-order valence-electron chi connectivity index (χ1n) is 12.1. The lowest BCUT2D eigenvalue weighted by atomic mass is 10.2. The van der Waals surface area contributed by atoms with E-state index in [0.717, 1.165) is 24.4 Å². The number of halogens is 1. The number of carbonyl (C=O) groups is 1. The van der Waals surface area contributed by atoms with E-state index in [-0.39, 0.29) is 17.8 Å². The number of methoxy groups -OCH3 is 2. The third kappa shape index (κ3) is 8.52. The van der Waals surface area contributed by atoms with Gasteiger partial charge < -0.3 is 19.3 Å². The fraction of sp³-hybridized carbons (Fsp3) is 0.370. The van der Waals surface area contributed by atoms with Gasteiger partial charge in [0, 0.05) is 49.6 Å². The number of nitrogens with one attached hydrogen (secondary N) is 1. The number of hydrogen-bond acceptors (Lipinski definition) is 6. The van der Waals surface area contributed by atoms with Crippen LogP contribution in [0.2, 0.25) is 0 Å². The molecule has 1 N–H and O–H groups in total. The van der Waals surface area contributed by atoms with Crippen LogP contribution in [0.25, 0.3) is 0 Å². The highest BCUT2D eigenvalue weighted by Crippen LogP contribution is 2.28. The molecular weight excluding hydrogens is 514 g/mol. The number of rotatable bonds is 10. The molecule has 1 aliphatic heterocycles. The molecule has 37 heavy (non-hydrogen) atoms. The molecule has 8 nitrogen and oxygen atoms in total. The standard InChI is InChI=1S/C27H34ClN3O5S/c1-21(35-2)9-12-23(28)15-20-37(33,34)29-24-13-10-22(11-14-24)27(32)31-17-6-16-30(18-19-31)25-7-4-5-8-26(25)36-3/h4-5,7-15,21,29H,6,16-20H2,1-3H3/b12-9-,23-15+. The summed E-state index contributed by atoms with van der Waals surface area (Å²) in [5, 5.41) is 0.303. The molecule has 1 unspecified atom stereocenters. The van der Waals surface area contributed by atoms with Crippen LogP contribution in [0.5, 0.6) is 5.75 Å². The molecule has 1 heterocycles. The number of anilines is 2. The Kier molecular flexibility index (Phi) is 10.4. The number of allylic oxidation sites excluding steroid dienone is 2. The number of ether oxygens (including phenoxy) is 2. The highest BCUT2D eigenvalue weighted by Gasteiger charge is 2.22. The van der Waals surface area contributed by atoms with Gasteiger partial charge in [0.2, 0.25) is 10.0 Å². The van der Waals surface area contributed by atoms with Gasteiger partial charge in [0.05, 0.1) is 24.7 Å². The van der Waals surface area contributed by atoms with Gasteiger partial charge in [0.25, 0.3) is 5.91 Å². The summed E-state index contributed by atoms with van der Waals surface area (Å²) in [5.74, 6) is 0.452. The summed E-state index contributed by atoms with van der Waals surface area (Å²) in [5.41, 5.74) is 1.91. The first-order valence-corrected chi connectivity index (χ1v) is 14.1. The molecular formula is C27H34ClN3O5S. The van der Waals surface area contributed by atoms with Crippen LogP contribution in [0.15, 0.2) is 71.8 Å². The number of amides is 1. The predicted octanol–water partition coefficient (Wildman–Crippen LogP) is 4.50.